The van der Waals surface area contributed by atoms with E-state index in [-0.39, 0.29) is 11.7 Å². The predicted molar refractivity (Wildman–Crippen MR) is 85.9 cm³/mol. The molecule has 2 rings (SSSR count). The summed E-state index contributed by atoms with van der Waals surface area (Å²) >= 11 is 5.98. The molecule has 2 N–H and O–H groups in total. The maximum atomic E-state index is 11.9. The van der Waals surface area contributed by atoms with Gasteiger partial charge in [0.2, 0.25) is 0 Å². The quantitative estimate of drug-likeness (QED) is 0.672. The monoisotopic (exact) mass is 318 g/mol. The maximum absolute atomic E-state index is 11.9. The van der Waals surface area contributed by atoms with Crippen molar-refractivity contribution in [3.05, 3.63) is 58.1 Å². The minimum Gasteiger partial charge on any atom is -0.504 e. The molecule has 0 atom stereocenters. The number of methoxy groups -OCH3 is 1. The molecule has 0 saturated heterocycles. The number of phenols is 1. The van der Waals surface area contributed by atoms with Crippen molar-refractivity contribution in [1.29, 1.82) is 0 Å². The zero-order valence-corrected chi connectivity index (χ0v) is 12.9. The van der Waals surface area contributed by atoms with Crippen molar-refractivity contribution >= 4 is 23.7 Å². The van der Waals surface area contributed by atoms with Crippen molar-refractivity contribution in [1.82, 2.24) is 5.43 Å². The fraction of sp³-hybridized carbons (Fsp3) is 0.125. The molecule has 0 fully saturated rings. The Morgan fingerprint density at radius 1 is 1.36 bits per heavy atom. The first-order chi connectivity index (χ1) is 10.5. The highest BCUT2D eigenvalue weighted by molar-refractivity contribution is 6.31. The molecule has 114 valence electrons. The van der Waals surface area contributed by atoms with Crippen LogP contribution in [0.15, 0.2) is 41.5 Å². The number of hydrogen-bond acceptors (Lipinski definition) is 4. The van der Waals surface area contributed by atoms with E-state index < -0.39 is 0 Å². The van der Waals surface area contributed by atoms with Gasteiger partial charge < -0.3 is 9.84 Å². The van der Waals surface area contributed by atoms with Crippen LogP contribution in [0.25, 0.3) is 0 Å². The number of para-hydroxylation sites is 1. The number of rotatable bonds is 4. The van der Waals surface area contributed by atoms with Gasteiger partial charge in [-0.3, -0.25) is 4.79 Å². The first-order valence-electron chi connectivity index (χ1n) is 6.48. The van der Waals surface area contributed by atoms with E-state index in [1.54, 1.807) is 36.4 Å². The van der Waals surface area contributed by atoms with Gasteiger partial charge in [0, 0.05) is 16.1 Å². The van der Waals surface area contributed by atoms with E-state index >= 15 is 0 Å². The Morgan fingerprint density at radius 2 is 2.14 bits per heavy atom. The van der Waals surface area contributed by atoms with Crippen molar-refractivity contribution in [3.63, 3.8) is 0 Å². The predicted octanol–water partition coefficient (Wildman–Crippen LogP) is 3.13. The number of phenolic OH excluding ortho intramolecular Hbond substituents is 1. The second kappa shape index (κ2) is 6.95. The summed E-state index contributed by atoms with van der Waals surface area (Å²) in [5.41, 5.74) is 4.11. The van der Waals surface area contributed by atoms with E-state index in [0.717, 1.165) is 5.56 Å². The molecule has 2 aromatic rings. The van der Waals surface area contributed by atoms with E-state index in [1.807, 2.05) is 6.92 Å². The van der Waals surface area contributed by atoms with Gasteiger partial charge in [0.15, 0.2) is 11.5 Å². The summed E-state index contributed by atoms with van der Waals surface area (Å²) in [7, 11) is 1.46. The molecule has 0 spiro atoms. The lowest BCUT2D eigenvalue weighted by atomic mass is 10.1. The number of carbonyl (C=O) groups is 1. The largest absolute Gasteiger partial charge is 0.504 e. The molecule has 0 aromatic heterocycles. The average molecular weight is 319 g/mol. The molecule has 6 heteroatoms. The minimum atomic E-state index is -0.388. The zero-order valence-electron chi connectivity index (χ0n) is 12.1. The number of hydrogen-bond donors (Lipinski definition) is 2. The number of aryl methyl sites for hydroxylation is 1. The molecule has 0 aliphatic rings. The minimum absolute atomic E-state index is 0.0404. The summed E-state index contributed by atoms with van der Waals surface area (Å²) in [5, 5.41) is 14.2. The lowest BCUT2D eigenvalue weighted by Gasteiger charge is -2.05. The first kappa shape index (κ1) is 15.9. The van der Waals surface area contributed by atoms with Gasteiger partial charge >= 0.3 is 0 Å². The number of aromatic hydroxyl groups is 1. The first-order valence-corrected chi connectivity index (χ1v) is 6.86. The summed E-state index contributed by atoms with van der Waals surface area (Å²) in [6.07, 6.45) is 1.34. The van der Waals surface area contributed by atoms with Crippen LogP contribution in [0.5, 0.6) is 11.5 Å². The fourth-order valence-electron chi connectivity index (χ4n) is 1.77. The number of amides is 1. The van der Waals surface area contributed by atoms with Crippen LogP contribution in [0.1, 0.15) is 21.5 Å². The molecule has 5 nitrogen and oxygen atoms in total. The van der Waals surface area contributed by atoms with Gasteiger partial charge in [-0.05, 0) is 36.8 Å². The Balaban J connectivity index is 2.09. The van der Waals surface area contributed by atoms with E-state index in [2.05, 4.69) is 10.5 Å². The molecule has 0 aliphatic carbocycles. The van der Waals surface area contributed by atoms with Crippen molar-refractivity contribution in [2.75, 3.05) is 7.11 Å². The van der Waals surface area contributed by atoms with Crippen LogP contribution in [0.3, 0.4) is 0 Å². The third-order valence-electron chi connectivity index (χ3n) is 3.05. The van der Waals surface area contributed by atoms with Crippen molar-refractivity contribution < 1.29 is 14.6 Å². The van der Waals surface area contributed by atoms with Gasteiger partial charge in [0.05, 0.1) is 13.3 Å². The Bertz CT molecular complexity index is 729. The van der Waals surface area contributed by atoms with Gasteiger partial charge in [0.1, 0.15) is 0 Å². The van der Waals surface area contributed by atoms with E-state index in [9.17, 15) is 9.90 Å². The SMILES string of the molecule is COc1cccc(/C=N/NC(=O)c2ccc(C)c(Cl)c2)c1O. The Morgan fingerprint density at radius 3 is 2.82 bits per heavy atom. The summed E-state index contributed by atoms with van der Waals surface area (Å²) in [4.78, 5) is 11.9. The molecule has 0 aliphatic heterocycles. The maximum Gasteiger partial charge on any atom is 0.271 e. The van der Waals surface area contributed by atoms with Crippen LogP contribution in [-0.4, -0.2) is 24.3 Å². The molecule has 1 amide bonds. The lowest BCUT2D eigenvalue weighted by molar-refractivity contribution is 0.0955. The number of nitrogens with zero attached hydrogens (tertiary/aromatic N) is 1. The molecule has 0 radical (unpaired) electrons. The van der Waals surface area contributed by atoms with E-state index in [4.69, 9.17) is 16.3 Å². The second-order valence-electron chi connectivity index (χ2n) is 4.56. The van der Waals surface area contributed by atoms with Crippen molar-refractivity contribution in [3.8, 4) is 11.5 Å². The lowest BCUT2D eigenvalue weighted by Crippen LogP contribution is -2.17. The highest BCUT2D eigenvalue weighted by Crippen LogP contribution is 2.27. The molecule has 0 saturated carbocycles. The Kier molecular flexibility index (Phi) is 5.01. The number of nitrogens with one attached hydrogen (secondary N) is 1. The molecule has 0 unspecified atom stereocenters. The summed E-state index contributed by atoms with van der Waals surface area (Å²) in [6.45, 7) is 1.85. The molecular weight excluding hydrogens is 304 g/mol. The summed E-state index contributed by atoms with van der Waals surface area (Å²) in [5.74, 6) is -0.0949. The fourth-order valence-corrected chi connectivity index (χ4v) is 1.95. The molecule has 0 heterocycles. The third-order valence-corrected chi connectivity index (χ3v) is 3.46. The van der Waals surface area contributed by atoms with Gasteiger partial charge in [-0.2, -0.15) is 5.10 Å². The average Bonchev–Trinajstić information content (AvgIpc) is 2.51. The van der Waals surface area contributed by atoms with E-state index in [0.29, 0.717) is 21.9 Å². The topological polar surface area (TPSA) is 70.9 Å². The van der Waals surface area contributed by atoms with Crippen LogP contribution < -0.4 is 10.2 Å². The Labute approximate surface area is 133 Å². The Hall–Kier alpha value is -2.53. The third kappa shape index (κ3) is 3.56. The number of carbonyl (C=O) groups excluding carboxylic acids is 1. The van der Waals surface area contributed by atoms with Crippen LogP contribution >= 0.6 is 11.6 Å². The second-order valence-corrected chi connectivity index (χ2v) is 4.97. The summed E-state index contributed by atoms with van der Waals surface area (Å²) in [6, 6.07) is 9.98. The van der Waals surface area contributed by atoms with Crippen LogP contribution in [0.2, 0.25) is 5.02 Å². The number of hydrazone groups is 1. The van der Waals surface area contributed by atoms with Crippen molar-refractivity contribution in [2.45, 2.75) is 6.92 Å². The van der Waals surface area contributed by atoms with Gasteiger partial charge in [-0.15, -0.1) is 0 Å². The standard InChI is InChI=1S/C16H15ClN2O3/c1-10-6-7-11(8-13(10)17)16(21)19-18-9-12-4-3-5-14(22-2)15(12)20/h3-9,20H,1-2H3,(H,19,21)/b18-9+. The van der Waals surface area contributed by atoms with Gasteiger partial charge in [-0.25, -0.2) is 5.43 Å². The number of benzene rings is 2. The molecule has 22 heavy (non-hydrogen) atoms. The highest BCUT2D eigenvalue weighted by atomic mass is 35.5. The smallest absolute Gasteiger partial charge is 0.271 e. The number of halogens is 1. The zero-order chi connectivity index (χ0) is 16.1. The van der Waals surface area contributed by atoms with E-state index in [1.165, 1.54) is 13.3 Å². The van der Waals surface area contributed by atoms with Crippen LogP contribution in [-0.2, 0) is 0 Å². The molecule has 2 aromatic carbocycles. The summed E-state index contributed by atoms with van der Waals surface area (Å²) < 4.78 is 4.99. The van der Waals surface area contributed by atoms with Gasteiger partial charge in [0.25, 0.3) is 5.91 Å². The van der Waals surface area contributed by atoms with Crippen LogP contribution in [0, 0.1) is 6.92 Å². The highest BCUT2D eigenvalue weighted by Gasteiger charge is 2.07. The van der Waals surface area contributed by atoms with Gasteiger partial charge in [-0.1, -0.05) is 23.7 Å². The molecule has 0 bridgehead atoms. The molecular formula is C16H15ClN2O3. The number of ether oxygens (including phenoxy) is 1. The van der Waals surface area contributed by atoms with Crippen LogP contribution in [0.4, 0.5) is 0 Å². The van der Waals surface area contributed by atoms with Crippen molar-refractivity contribution in [2.24, 2.45) is 5.10 Å². The normalized spacial score (nSPS) is 10.7.